The summed E-state index contributed by atoms with van der Waals surface area (Å²) in [5.41, 5.74) is -1.03. The van der Waals surface area contributed by atoms with Gasteiger partial charge in [-0.05, 0) is 28.1 Å². The molecule has 0 bridgehead atoms. The van der Waals surface area contributed by atoms with Crippen molar-refractivity contribution in [1.29, 1.82) is 5.26 Å². The number of carbonyl (C=O) groups is 1. The third-order valence-electron chi connectivity index (χ3n) is 3.33. The van der Waals surface area contributed by atoms with E-state index in [1.807, 2.05) is 6.07 Å². The van der Waals surface area contributed by atoms with E-state index in [9.17, 15) is 14.3 Å². The largest absolute Gasteiger partial charge is 0.480 e. The number of carboxylic acids is 1. The fourth-order valence-electron chi connectivity index (χ4n) is 2.10. The number of benzene rings is 1. The molecule has 0 radical (unpaired) electrons. The molecule has 1 aromatic carbocycles. The van der Waals surface area contributed by atoms with E-state index in [-0.39, 0.29) is 28.6 Å². The Balaban J connectivity index is 2.35. The standard InChI is InChI=1S/C13H12BrFN2O3/c14-10-8(7-16)1-2-9(11(10)15)17-13(12(18)19)3-5-20-6-4-13/h1-2,17H,3-6H2,(H,18,19). The number of nitriles is 1. The quantitative estimate of drug-likeness (QED) is 0.881. The summed E-state index contributed by atoms with van der Waals surface area (Å²) in [4.78, 5) is 11.5. The molecule has 0 saturated carbocycles. The number of nitrogens with zero attached hydrogens (tertiary/aromatic N) is 1. The summed E-state index contributed by atoms with van der Waals surface area (Å²) in [5.74, 6) is -1.71. The number of ether oxygens (including phenoxy) is 1. The van der Waals surface area contributed by atoms with Gasteiger partial charge in [-0.2, -0.15) is 5.26 Å². The van der Waals surface area contributed by atoms with Gasteiger partial charge in [0.05, 0.1) is 15.7 Å². The number of carboxylic acid groups (broad SMARTS) is 1. The second-order valence-corrected chi connectivity index (χ2v) is 5.32. The summed E-state index contributed by atoms with van der Waals surface area (Å²) in [6, 6.07) is 4.66. The van der Waals surface area contributed by atoms with Crippen molar-refractivity contribution in [1.82, 2.24) is 0 Å². The van der Waals surface area contributed by atoms with Crippen molar-refractivity contribution in [3.63, 3.8) is 0 Å². The Kier molecular flexibility index (Phi) is 4.26. The average Bonchev–Trinajstić information content (AvgIpc) is 2.45. The second-order valence-electron chi connectivity index (χ2n) is 4.53. The number of hydrogen-bond acceptors (Lipinski definition) is 4. The first-order chi connectivity index (χ1) is 9.50. The minimum atomic E-state index is -1.24. The molecule has 1 saturated heterocycles. The molecule has 0 spiro atoms. The number of aliphatic carboxylic acids is 1. The Bertz CT molecular complexity index is 580. The zero-order valence-corrected chi connectivity index (χ0v) is 12.0. The predicted octanol–water partition coefficient (Wildman–Crippen LogP) is 2.51. The summed E-state index contributed by atoms with van der Waals surface area (Å²) < 4.78 is 19.3. The maximum Gasteiger partial charge on any atom is 0.329 e. The van der Waals surface area contributed by atoms with Crippen molar-refractivity contribution < 1.29 is 19.0 Å². The highest BCUT2D eigenvalue weighted by molar-refractivity contribution is 9.10. The van der Waals surface area contributed by atoms with E-state index < -0.39 is 17.3 Å². The third kappa shape index (κ3) is 2.62. The molecule has 2 N–H and O–H groups in total. The van der Waals surface area contributed by atoms with Crippen LogP contribution in [0.1, 0.15) is 18.4 Å². The van der Waals surface area contributed by atoms with Crippen molar-refractivity contribution in [3.05, 3.63) is 28.0 Å². The zero-order chi connectivity index (χ0) is 14.8. The monoisotopic (exact) mass is 342 g/mol. The number of rotatable bonds is 3. The Labute approximate surface area is 123 Å². The van der Waals surface area contributed by atoms with Crippen LogP contribution in [0.15, 0.2) is 16.6 Å². The van der Waals surface area contributed by atoms with E-state index in [0.29, 0.717) is 13.2 Å². The summed E-state index contributed by atoms with van der Waals surface area (Å²) in [5, 5.41) is 21.0. The molecule has 1 fully saturated rings. The molecule has 2 rings (SSSR count). The van der Waals surface area contributed by atoms with Crippen molar-refractivity contribution in [3.8, 4) is 6.07 Å². The number of hydrogen-bond donors (Lipinski definition) is 2. The van der Waals surface area contributed by atoms with Gasteiger partial charge in [-0.25, -0.2) is 9.18 Å². The highest BCUT2D eigenvalue weighted by atomic mass is 79.9. The van der Waals surface area contributed by atoms with E-state index in [2.05, 4.69) is 21.2 Å². The smallest absolute Gasteiger partial charge is 0.329 e. The van der Waals surface area contributed by atoms with Crippen LogP contribution in [-0.4, -0.2) is 29.8 Å². The third-order valence-corrected chi connectivity index (χ3v) is 4.11. The summed E-state index contributed by atoms with van der Waals surface area (Å²) in [7, 11) is 0. The zero-order valence-electron chi connectivity index (χ0n) is 10.4. The molecule has 0 aromatic heterocycles. The van der Waals surface area contributed by atoms with Gasteiger partial charge in [0, 0.05) is 26.1 Å². The highest BCUT2D eigenvalue weighted by Crippen LogP contribution is 2.32. The molecule has 0 atom stereocenters. The van der Waals surface area contributed by atoms with Gasteiger partial charge in [-0.15, -0.1) is 0 Å². The Morgan fingerprint density at radius 2 is 2.15 bits per heavy atom. The second kappa shape index (κ2) is 5.77. The molecule has 0 amide bonds. The van der Waals surface area contributed by atoms with Crippen molar-refractivity contribution in [2.75, 3.05) is 18.5 Å². The Hall–Kier alpha value is -1.65. The van der Waals surface area contributed by atoms with Crippen LogP contribution in [0.5, 0.6) is 0 Å². The predicted molar refractivity (Wildman–Crippen MR) is 72.9 cm³/mol. The van der Waals surface area contributed by atoms with Gasteiger partial charge in [-0.3, -0.25) is 0 Å². The molecule has 0 unspecified atom stereocenters. The maximum absolute atomic E-state index is 14.2. The van der Waals surface area contributed by atoms with Gasteiger partial charge in [0.1, 0.15) is 11.6 Å². The summed E-state index contributed by atoms with van der Waals surface area (Å²) >= 11 is 3.00. The van der Waals surface area contributed by atoms with E-state index in [1.54, 1.807) is 0 Å². The van der Waals surface area contributed by atoms with Gasteiger partial charge < -0.3 is 15.2 Å². The first-order valence-electron chi connectivity index (χ1n) is 5.97. The minimum Gasteiger partial charge on any atom is -0.480 e. The van der Waals surface area contributed by atoms with Crippen molar-refractivity contribution >= 4 is 27.6 Å². The lowest BCUT2D eigenvalue weighted by molar-refractivity contribution is -0.145. The van der Waals surface area contributed by atoms with Gasteiger partial charge in [0.15, 0.2) is 5.82 Å². The van der Waals surface area contributed by atoms with Crippen LogP contribution in [0, 0.1) is 17.1 Å². The molecular weight excluding hydrogens is 331 g/mol. The molecule has 1 aliphatic rings. The van der Waals surface area contributed by atoms with Crippen molar-refractivity contribution in [2.45, 2.75) is 18.4 Å². The lowest BCUT2D eigenvalue weighted by Gasteiger charge is -2.35. The van der Waals surface area contributed by atoms with Crippen LogP contribution in [0.3, 0.4) is 0 Å². The number of nitrogens with one attached hydrogen (secondary N) is 1. The van der Waals surface area contributed by atoms with Crippen LogP contribution in [0.4, 0.5) is 10.1 Å². The molecule has 1 aromatic rings. The van der Waals surface area contributed by atoms with Gasteiger partial charge in [0.2, 0.25) is 0 Å². The normalized spacial score (nSPS) is 17.2. The summed E-state index contributed by atoms with van der Waals surface area (Å²) in [6.07, 6.45) is 0.499. The van der Waals surface area contributed by atoms with Gasteiger partial charge >= 0.3 is 5.97 Å². The first kappa shape index (κ1) is 14.8. The van der Waals surface area contributed by atoms with Crippen LogP contribution >= 0.6 is 15.9 Å². The Morgan fingerprint density at radius 3 is 2.70 bits per heavy atom. The van der Waals surface area contributed by atoms with Crippen LogP contribution in [0.25, 0.3) is 0 Å². The Morgan fingerprint density at radius 1 is 1.50 bits per heavy atom. The van der Waals surface area contributed by atoms with Crippen molar-refractivity contribution in [2.24, 2.45) is 0 Å². The SMILES string of the molecule is N#Cc1ccc(NC2(C(=O)O)CCOCC2)c(F)c1Br. The van der Waals surface area contributed by atoms with E-state index >= 15 is 0 Å². The molecule has 1 aliphatic heterocycles. The average molecular weight is 343 g/mol. The van der Waals surface area contributed by atoms with Gasteiger partial charge in [0.25, 0.3) is 0 Å². The van der Waals surface area contributed by atoms with Crippen LogP contribution < -0.4 is 5.32 Å². The number of halogens is 2. The fourth-order valence-corrected chi connectivity index (χ4v) is 2.54. The number of anilines is 1. The minimum absolute atomic E-state index is 0.0256. The molecular formula is C13H12BrFN2O3. The van der Waals surface area contributed by atoms with E-state index in [0.717, 1.165) is 0 Å². The first-order valence-corrected chi connectivity index (χ1v) is 6.77. The van der Waals surface area contributed by atoms with E-state index in [1.165, 1.54) is 12.1 Å². The van der Waals surface area contributed by atoms with Crippen LogP contribution in [-0.2, 0) is 9.53 Å². The molecule has 1 heterocycles. The highest BCUT2D eigenvalue weighted by Gasteiger charge is 2.40. The summed E-state index contributed by atoms with van der Waals surface area (Å²) in [6.45, 7) is 0.608. The maximum atomic E-state index is 14.2. The topological polar surface area (TPSA) is 82.4 Å². The fraction of sp³-hybridized carbons (Fsp3) is 0.385. The molecule has 0 aliphatic carbocycles. The van der Waals surface area contributed by atoms with Gasteiger partial charge in [-0.1, -0.05) is 0 Å². The van der Waals surface area contributed by atoms with Crippen LogP contribution in [0.2, 0.25) is 0 Å². The lowest BCUT2D eigenvalue weighted by Crippen LogP contribution is -2.50. The molecule has 5 nitrogen and oxygen atoms in total. The molecule has 7 heteroatoms. The van der Waals surface area contributed by atoms with E-state index in [4.69, 9.17) is 10.00 Å². The molecule has 20 heavy (non-hydrogen) atoms. The lowest BCUT2D eigenvalue weighted by atomic mass is 9.89. The molecule has 106 valence electrons.